The van der Waals surface area contributed by atoms with Crippen LogP contribution in [0.5, 0.6) is 0 Å². The lowest BCUT2D eigenvalue weighted by Crippen LogP contribution is -2.42. The van der Waals surface area contributed by atoms with E-state index in [2.05, 4.69) is 5.32 Å². The number of carbonyl (C=O) groups excluding carboxylic acids is 1. The van der Waals surface area contributed by atoms with Gasteiger partial charge in [0.25, 0.3) is 0 Å². The molecule has 2 unspecified atom stereocenters. The van der Waals surface area contributed by atoms with Crippen LogP contribution in [0.15, 0.2) is 0 Å². The number of hydrogen-bond acceptors (Lipinski definition) is 3. The minimum Gasteiger partial charge on any atom is -0.368 e. The zero-order valence-corrected chi connectivity index (χ0v) is 10.0. The fourth-order valence-corrected chi connectivity index (χ4v) is 1.63. The van der Waals surface area contributed by atoms with Crippen LogP contribution in [-0.4, -0.2) is 33.0 Å². The largest absolute Gasteiger partial charge is 0.368 e. The first-order valence-electron chi connectivity index (χ1n) is 5.03. The Morgan fingerprint density at radius 1 is 1.53 bits per heavy atom. The molecule has 0 spiro atoms. The summed E-state index contributed by atoms with van der Waals surface area (Å²) in [6.07, 6.45) is 1.25. The number of carbonyl (C=O) groups is 1. The summed E-state index contributed by atoms with van der Waals surface area (Å²) in [6, 6.07) is -0.336. The zero-order valence-electron chi connectivity index (χ0n) is 9.23. The third-order valence-corrected chi connectivity index (χ3v) is 2.57. The Balaban J connectivity index is 3.76. The summed E-state index contributed by atoms with van der Waals surface area (Å²) in [4.78, 5) is 11.0. The maximum atomic E-state index is 11.0. The quantitative estimate of drug-likeness (QED) is 0.411. The summed E-state index contributed by atoms with van der Waals surface area (Å²) in [6.45, 7) is 4.56. The van der Waals surface area contributed by atoms with Gasteiger partial charge >= 0.3 is 0 Å². The van der Waals surface area contributed by atoms with E-state index in [-0.39, 0.29) is 17.7 Å². The van der Waals surface area contributed by atoms with Crippen molar-refractivity contribution in [1.29, 1.82) is 0 Å². The van der Waals surface area contributed by atoms with Gasteiger partial charge < -0.3 is 15.6 Å². The smallest absolute Gasteiger partial charge is 0.234 e. The van der Waals surface area contributed by atoms with Crippen molar-refractivity contribution in [3.05, 3.63) is 0 Å². The molecule has 0 saturated carbocycles. The average Bonchev–Trinajstić information content (AvgIpc) is 2.08. The zero-order chi connectivity index (χ0) is 11.8. The van der Waals surface area contributed by atoms with Crippen molar-refractivity contribution in [3.8, 4) is 0 Å². The van der Waals surface area contributed by atoms with E-state index in [9.17, 15) is 9.00 Å². The second kappa shape index (κ2) is 7.78. The molecule has 0 aromatic heterocycles. The molecule has 5 nitrogen and oxygen atoms in total. The van der Waals surface area contributed by atoms with Gasteiger partial charge in [0.2, 0.25) is 5.91 Å². The van der Waals surface area contributed by atoms with Crippen LogP contribution in [0.1, 0.15) is 26.7 Å². The molecule has 0 rings (SSSR count). The molecule has 0 bridgehead atoms. The monoisotopic (exact) mass is 236 g/mol. The van der Waals surface area contributed by atoms with Crippen LogP contribution in [-0.2, 0) is 15.9 Å². The van der Waals surface area contributed by atoms with Crippen LogP contribution in [0, 0.1) is 5.92 Å². The number of rotatable bonds is 8. The van der Waals surface area contributed by atoms with E-state index in [0.717, 1.165) is 0 Å². The summed E-state index contributed by atoms with van der Waals surface area (Å²) in [5.74, 6) is 0.246. The van der Waals surface area contributed by atoms with Gasteiger partial charge in [0.15, 0.2) is 11.1 Å². The van der Waals surface area contributed by atoms with Gasteiger partial charge in [0.1, 0.15) is 0 Å². The van der Waals surface area contributed by atoms with E-state index in [1.807, 2.05) is 13.8 Å². The molecule has 0 fully saturated rings. The highest BCUT2D eigenvalue weighted by Crippen LogP contribution is 2.04. The minimum atomic E-state index is -1.76. The standard InChI is InChI=1S/C9H20N2O3S/c1-7(2)6-8(9(10)12)11-4-3-5-15(13)14/h7-8,11H,3-6H2,1-2H3,(H2,10,12)(H,13,14). The molecule has 0 radical (unpaired) electrons. The molecule has 0 aliphatic heterocycles. The Bertz CT molecular complexity index is 221. The van der Waals surface area contributed by atoms with E-state index in [1.165, 1.54) is 0 Å². The molecule has 0 heterocycles. The van der Waals surface area contributed by atoms with Gasteiger partial charge in [-0.15, -0.1) is 0 Å². The number of nitrogens with one attached hydrogen (secondary N) is 1. The Morgan fingerprint density at radius 3 is 2.53 bits per heavy atom. The molecule has 0 aromatic rings. The summed E-state index contributed by atoms with van der Waals surface area (Å²) in [7, 11) is 0. The van der Waals surface area contributed by atoms with Crippen LogP contribution >= 0.6 is 0 Å². The fraction of sp³-hybridized carbons (Fsp3) is 0.889. The van der Waals surface area contributed by atoms with Crippen LogP contribution in [0.25, 0.3) is 0 Å². The summed E-state index contributed by atoms with van der Waals surface area (Å²) < 4.78 is 18.9. The van der Waals surface area contributed by atoms with E-state index >= 15 is 0 Å². The predicted octanol–water partition coefficient (Wildman–Crippen LogP) is 0.0878. The van der Waals surface area contributed by atoms with Gasteiger partial charge in [-0.2, -0.15) is 0 Å². The van der Waals surface area contributed by atoms with Gasteiger partial charge in [0, 0.05) is 0 Å². The first-order valence-corrected chi connectivity index (χ1v) is 6.31. The molecule has 0 aliphatic carbocycles. The van der Waals surface area contributed by atoms with E-state index in [4.69, 9.17) is 10.3 Å². The highest BCUT2D eigenvalue weighted by atomic mass is 32.2. The molecule has 0 aliphatic rings. The number of primary amides is 1. The Labute approximate surface area is 93.1 Å². The van der Waals surface area contributed by atoms with E-state index in [0.29, 0.717) is 25.3 Å². The van der Waals surface area contributed by atoms with Crippen molar-refractivity contribution < 1.29 is 13.6 Å². The maximum Gasteiger partial charge on any atom is 0.234 e. The first kappa shape index (κ1) is 14.5. The predicted molar refractivity (Wildman–Crippen MR) is 60.7 cm³/mol. The van der Waals surface area contributed by atoms with Gasteiger partial charge in [0.05, 0.1) is 11.8 Å². The normalized spacial score (nSPS) is 15.2. The lowest BCUT2D eigenvalue weighted by molar-refractivity contribution is -0.120. The van der Waals surface area contributed by atoms with Crippen LogP contribution in [0.4, 0.5) is 0 Å². The van der Waals surface area contributed by atoms with Gasteiger partial charge in [-0.05, 0) is 25.3 Å². The SMILES string of the molecule is CC(C)CC(NCCCS(=O)O)C(N)=O. The van der Waals surface area contributed by atoms with Gasteiger partial charge in [-0.1, -0.05) is 13.8 Å². The fourth-order valence-electron chi connectivity index (χ4n) is 1.24. The molecule has 1 amide bonds. The van der Waals surface area contributed by atoms with Crippen molar-refractivity contribution in [1.82, 2.24) is 5.32 Å². The highest BCUT2D eigenvalue weighted by molar-refractivity contribution is 7.79. The maximum absolute atomic E-state index is 11.0. The molecule has 4 N–H and O–H groups in total. The third-order valence-electron chi connectivity index (χ3n) is 1.94. The topological polar surface area (TPSA) is 92.4 Å². The molecule has 0 saturated heterocycles. The third kappa shape index (κ3) is 8.53. The lowest BCUT2D eigenvalue weighted by Gasteiger charge is -2.16. The van der Waals surface area contributed by atoms with Crippen LogP contribution < -0.4 is 11.1 Å². The lowest BCUT2D eigenvalue weighted by atomic mass is 10.0. The second-order valence-corrected chi connectivity index (χ2v) is 4.97. The molecule has 6 heteroatoms. The molecule has 90 valence electrons. The minimum absolute atomic E-state index is 0.222. The van der Waals surface area contributed by atoms with Crippen molar-refractivity contribution in [2.75, 3.05) is 12.3 Å². The number of amides is 1. The molecule has 0 aromatic carbocycles. The van der Waals surface area contributed by atoms with E-state index in [1.54, 1.807) is 0 Å². The summed E-state index contributed by atoms with van der Waals surface area (Å²) in [5, 5.41) is 2.99. The summed E-state index contributed by atoms with van der Waals surface area (Å²) in [5.41, 5.74) is 5.22. The van der Waals surface area contributed by atoms with Crippen LogP contribution in [0.2, 0.25) is 0 Å². The van der Waals surface area contributed by atoms with Crippen molar-refractivity contribution in [3.63, 3.8) is 0 Å². The van der Waals surface area contributed by atoms with Crippen LogP contribution in [0.3, 0.4) is 0 Å². The molecular weight excluding hydrogens is 216 g/mol. The van der Waals surface area contributed by atoms with E-state index < -0.39 is 11.1 Å². The highest BCUT2D eigenvalue weighted by Gasteiger charge is 2.15. The molecular formula is C9H20N2O3S. The Morgan fingerprint density at radius 2 is 2.13 bits per heavy atom. The first-order chi connectivity index (χ1) is 6.93. The molecule has 2 atom stereocenters. The second-order valence-electron chi connectivity index (χ2n) is 3.92. The number of hydrogen-bond donors (Lipinski definition) is 3. The Kier molecular flexibility index (Phi) is 7.54. The Hall–Kier alpha value is -0.460. The van der Waals surface area contributed by atoms with Crippen molar-refractivity contribution >= 4 is 17.0 Å². The van der Waals surface area contributed by atoms with Gasteiger partial charge in [-0.25, -0.2) is 4.21 Å². The summed E-state index contributed by atoms with van der Waals surface area (Å²) >= 11 is -1.76. The molecule has 15 heavy (non-hydrogen) atoms. The average molecular weight is 236 g/mol. The number of nitrogens with two attached hydrogens (primary N) is 1. The van der Waals surface area contributed by atoms with Crippen molar-refractivity contribution in [2.45, 2.75) is 32.7 Å². The van der Waals surface area contributed by atoms with Gasteiger partial charge in [-0.3, -0.25) is 4.79 Å². The van der Waals surface area contributed by atoms with Crippen molar-refractivity contribution in [2.24, 2.45) is 11.7 Å².